The van der Waals surface area contributed by atoms with E-state index >= 15 is 0 Å². The van der Waals surface area contributed by atoms with Crippen molar-refractivity contribution < 1.29 is 8.42 Å². The van der Waals surface area contributed by atoms with Gasteiger partial charge in [-0.05, 0) is 26.2 Å². The summed E-state index contributed by atoms with van der Waals surface area (Å²) in [5.41, 5.74) is 0. The van der Waals surface area contributed by atoms with Gasteiger partial charge < -0.3 is 4.57 Å². The molecule has 0 amide bonds. The molecule has 0 atom stereocenters. The third-order valence-corrected chi connectivity index (χ3v) is 6.21. The molecule has 1 fully saturated rings. The van der Waals surface area contributed by atoms with E-state index in [1.54, 1.807) is 10.5 Å². The molecule has 1 heterocycles. The normalized spacial score (nSPS) is 17.0. The molecule has 1 aromatic rings. The van der Waals surface area contributed by atoms with E-state index in [-0.39, 0.29) is 11.1 Å². The third kappa shape index (κ3) is 3.68. The summed E-state index contributed by atoms with van der Waals surface area (Å²) in [6.45, 7) is 5.24. The summed E-state index contributed by atoms with van der Waals surface area (Å²) in [6.07, 6.45) is 6.79. The number of nitrogens with zero attached hydrogens (tertiary/aromatic N) is 3. The Labute approximate surface area is 135 Å². The molecule has 0 spiro atoms. The average Bonchev–Trinajstić information content (AvgIpc) is 3.07. The van der Waals surface area contributed by atoms with E-state index in [4.69, 9.17) is 0 Å². The maximum absolute atomic E-state index is 12.9. The Morgan fingerprint density at radius 2 is 2.10 bits per heavy atom. The van der Waals surface area contributed by atoms with Gasteiger partial charge >= 0.3 is 0 Å². The van der Waals surface area contributed by atoms with Crippen LogP contribution in [0.1, 0.15) is 44.9 Å². The van der Waals surface area contributed by atoms with Crippen LogP contribution in [-0.4, -0.2) is 40.2 Å². The van der Waals surface area contributed by atoms with Crippen molar-refractivity contribution in [2.75, 3.05) is 11.9 Å². The molecule has 1 aliphatic carbocycles. The van der Waals surface area contributed by atoms with Crippen molar-refractivity contribution in [1.82, 2.24) is 13.9 Å². The lowest BCUT2D eigenvalue weighted by molar-refractivity contribution is 0.337. The van der Waals surface area contributed by atoms with Crippen molar-refractivity contribution in [3.05, 3.63) is 12.0 Å². The van der Waals surface area contributed by atoms with Gasteiger partial charge in [0.15, 0.2) is 5.03 Å². The van der Waals surface area contributed by atoms with Crippen LogP contribution in [0.4, 0.5) is 0 Å². The number of hydrogen-bond acceptors (Lipinski definition) is 3. The van der Waals surface area contributed by atoms with Crippen LogP contribution in [0.15, 0.2) is 11.2 Å². The van der Waals surface area contributed by atoms with Crippen LogP contribution in [-0.2, 0) is 16.6 Å². The zero-order valence-corrected chi connectivity index (χ0v) is 15.2. The molecule has 0 radical (unpaired) electrons. The van der Waals surface area contributed by atoms with E-state index in [1.165, 1.54) is 0 Å². The van der Waals surface area contributed by atoms with Crippen LogP contribution in [0.5, 0.6) is 0 Å². The zero-order valence-electron chi connectivity index (χ0n) is 12.8. The Morgan fingerprint density at radius 3 is 2.67 bits per heavy atom. The predicted molar refractivity (Wildman–Crippen MR) is 87.2 cm³/mol. The van der Waals surface area contributed by atoms with Gasteiger partial charge in [-0.15, -0.1) is 0 Å². The molecule has 0 saturated heterocycles. The Hall–Kier alpha value is -0.400. The molecule has 0 bridgehead atoms. The summed E-state index contributed by atoms with van der Waals surface area (Å²) in [6, 6.07) is 0.129. The van der Waals surface area contributed by atoms with Gasteiger partial charge in [-0.25, -0.2) is 13.4 Å². The van der Waals surface area contributed by atoms with Gasteiger partial charge in [0.1, 0.15) is 5.82 Å². The Morgan fingerprint density at radius 1 is 1.43 bits per heavy atom. The summed E-state index contributed by atoms with van der Waals surface area (Å²) in [5.74, 6) is 0.764. The van der Waals surface area contributed by atoms with E-state index < -0.39 is 10.0 Å². The van der Waals surface area contributed by atoms with Crippen LogP contribution in [0, 0.1) is 6.92 Å². The van der Waals surface area contributed by atoms with Crippen LogP contribution in [0.2, 0.25) is 0 Å². The quantitative estimate of drug-likeness (QED) is 0.686. The monoisotopic (exact) mass is 377 g/mol. The van der Waals surface area contributed by atoms with Gasteiger partial charge in [0, 0.05) is 30.7 Å². The van der Waals surface area contributed by atoms with E-state index in [0.717, 1.165) is 44.5 Å². The van der Waals surface area contributed by atoms with Gasteiger partial charge in [0.05, 0.1) is 0 Å². The molecule has 5 nitrogen and oxygen atoms in total. The SMILES string of the molecule is CCCn1cc(S(=O)(=O)N(CCBr)C2CCCC2)nc1C. The molecule has 1 aliphatic rings. The highest BCUT2D eigenvalue weighted by Gasteiger charge is 2.34. The maximum Gasteiger partial charge on any atom is 0.262 e. The molecule has 0 aliphatic heterocycles. The number of hydrogen-bond donors (Lipinski definition) is 0. The lowest BCUT2D eigenvalue weighted by Gasteiger charge is -2.26. The second-order valence-electron chi connectivity index (χ2n) is 5.56. The number of rotatable bonds is 7. The first-order chi connectivity index (χ1) is 10.0. The smallest absolute Gasteiger partial charge is 0.262 e. The third-order valence-electron chi connectivity index (χ3n) is 4.03. The maximum atomic E-state index is 12.9. The number of imidazole rings is 1. The molecular weight excluding hydrogens is 354 g/mol. The molecule has 0 unspecified atom stereocenters. The number of alkyl halides is 1. The Kier molecular flexibility index (Phi) is 5.85. The fraction of sp³-hybridized carbons (Fsp3) is 0.786. The average molecular weight is 378 g/mol. The first-order valence-electron chi connectivity index (χ1n) is 7.62. The lowest BCUT2D eigenvalue weighted by atomic mass is 10.2. The second-order valence-corrected chi connectivity index (χ2v) is 8.19. The van der Waals surface area contributed by atoms with Crippen molar-refractivity contribution in [2.24, 2.45) is 0 Å². The van der Waals surface area contributed by atoms with Gasteiger partial charge in [-0.2, -0.15) is 4.31 Å². The molecule has 0 aromatic carbocycles. The number of halogens is 1. The first-order valence-corrected chi connectivity index (χ1v) is 10.2. The number of sulfonamides is 1. The number of aryl methyl sites for hydroxylation is 2. The Bertz CT molecular complexity index is 565. The molecule has 2 rings (SSSR count). The predicted octanol–water partition coefficient (Wildman–Crippen LogP) is 2.93. The largest absolute Gasteiger partial charge is 0.334 e. The second kappa shape index (κ2) is 7.24. The van der Waals surface area contributed by atoms with Crippen molar-refractivity contribution in [3.8, 4) is 0 Å². The van der Waals surface area contributed by atoms with Crippen LogP contribution >= 0.6 is 15.9 Å². The number of aromatic nitrogens is 2. The highest BCUT2D eigenvalue weighted by molar-refractivity contribution is 9.09. The summed E-state index contributed by atoms with van der Waals surface area (Å²) >= 11 is 3.37. The molecule has 0 N–H and O–H groups in total. The first kappa shape index (κ1) is 17.0. The highest BCUT2D eigenvalue weighted by Crippen LogP contribution is 2.28. The summed E-state index contributed by atoms with van der Waals surface area (Å²) in [4.78, 5) is 4.29. The minimum atomic E-state index is -3.50. The van der Waals surface area contributed by atoms with E-state index in [1.807, 2.05) is 11.5 Å². The molecule has 21 heavy (non-hydrogen) atoms. The highest BCUT2D eigenvalue weighted by atomic mass is 79.9. The topological polar surface area (TPSA) is 55.2 Å². The van der Waals surface area contributed by atoms with Gasteiger partial charge in [-0.3, -0.25) is 0 Å². The minimum absolute atomic E-state index is 0.129. The summed E-state index contributed by atoms with van der Waals surface area (Å²) < 4.78 is 29.4. The van der Waals surface area contributed by atoms with Crippen LogP contribution in [0.25, 0.3) is 0 Å². The van der Waals surface area contributed by atoms with E-state index in [0.29, 0.717) is 11.9 Å². The Balaban J connectivity index is 2.31. The van der Waals surface area contributed by atoms with Gasteiger partial charge in [0.2, 0.25) is 0 Å². The van der Waals surface area contributed by atoms with Crippen molar-refractivity contribution in [3.63, 3.8) is 0 Å². The standard InChI is InChI=1S/C14H24BrN3O2S/c1-3-9-17-11-14(16-12(17)2)21(19,20)18(10-8-15)13-6-4-5-7-13/h11,13H,3-10H2,1-2H3. The van der Waals surface area contributed by atoms with Crippen molar-refractivity contribution in [1.29, 1.82) is 0 Å². The molecule has 120 valence electrons. The van der Waals surface area contributed by atoms with Gasteiger partial charge in [0.25, 0.3) is 10.0 Å². The van der Waals surface area contributed by atoms with E-state index in [2.05, 4.69) is 27.8 Å². The zero-order chi connectivity index (χ0) is 15.5. The van der Waals surface area contributed by atoms with Crippen molar-refractivity contribution >= 4 is 26.0 Å². The van der Waals surface area contributed by atoms with Crippen LogP contribution < -0.4 is 0 Å². The molecule has 1 saturated carbocycles. The van der Waals surface area contributed by atoms with Gasteiger partial charge in [-0.1, -0.05) is 35.7 Å². The fourth-order valence-corrected chi connectivity index (χ4v) is 5.27. The van der Waals surface area contributed by atoms with Crippen LogP contribution in [0.3, 0.4) is 0 Å². The molecular formula is C14H24BrN3O2S. The van der Waals surface area contributed by atoms with E-state index in [9.17, 15) is 8.42 Å². The molecule has 1 aromatic heterocycles. The summed E-state index contributed by atoms with van der Waals surface area (Å²) in [5, 5.41) is 0.846. The summed E-state index contributed by atoms with van der Waals surface area (Å²) in [7, 11) is -3.50. The minimum Gasteiger partial charge on any atom is -0.334 e. The fourth-order valence-electron chi connectivity index (χ4n) is 2.97. The molecule has 7 heteroatoms. The lowest BCUT2D eigenvalue weighted by Crippen LogP contribution is -2.40. The van der Waals surface area contributed by atoms with Crippen molar-refractivity contribution in [2.45, 2.75) is 63.6 Å².